The molecule has 6 nitrogen and oxygen atoms in total. The van der Waals surface area contributed by atoms with E-state index in [4.69, 9.17) is 17.3 Å². The molecule has 0 atom stereocenters. The SMILES string of the molecule is Nc1nc(C(=NOCCF)C(=O)Cl)ns1. The lowest BCUT2D eigenvalue weighted by molar-refractivity contribution is -0.106. The van der Waals surface area contributed by atoms with Crippen molar-refractivity contribution in [2.45, 2.75) is 0 Å². The van der Waals surface area contributed by atoms with Gasteiger partial charge < -0.3 is 10.6 Å². The standard InChI is InChI=1S/C6H6ClFN4O2S/c7-4(13)3(11-14-2-1-8)5-10-6(9)15-12-5/h1-2H2,(H2,9,10,12). The number of carbonyl (C=O) groups excluding carboxylic acids is 1. The summed E-state index contributed by atoms with van der Waals surface area (Å²) in [5.41, 5.74) is 5.01. The summed E-state index contributed by atoms with van der Waals surface area (Å²) in [4.78, 5) is 19.0. The van der Waals surface area contributed by atoms with Crippen LogP contribution in [0, 0.1) is 0 Å². The molecule has 0 aliphatic heterocycles. The normalized spacial score (nSPS) is 11.5. The predicted molar refractivity (Wildman–Crippen MR) is 53.6 cm³/mol. The molecule has 0 aliphatic rings. The number of hydrogen-bond acceptors (Lipinski definition) is 7. The first kappa shape index (κ1) is 11.8. The van der Waals surface area contributed by atoms with Gasteiger partial charge in [0, 0.05) is 11.5 Å². The van der Waals surface area contributed by atoms with Crippen molar-refractivity contribution in [3.8, 4) is 0 Å². The Morgan fingerprint density at radius 3 is 2.93 bits per heavy atom. The number of nitrogens with two attached hydrogens (primary N) is 1. The van der Waals surface area contributed by atoms with Gasteiger partial charge in [0.05, 0.1) is 0 Å². The zero-order valence-electron chi connectivity index (χ0n) is 7.31. The van der Waals surface area contributed by atoms with E-state index >= 15 is 0 Å². The van der Waals surface area contributed by atoms with E-state index in [9.17, 15) is 9.18 Å². The summed E-state index contributed by atoms with van der Waals surface area (Å²) in [5, 5.41) is 2.59. The van der Waals surface area contributed by atoms with Gasteiger partial charge in [0.2, 0.25) is 11.5 Å². The van der Waals surface area contributed by atoms with Crippen LogP contribution >= 0.6 is 23.1 Å². The summed E-state index contributed by atoms with van der Waals surface area (Å²) in [6, 6.07) is 0. The average molecular weight is 253 g/mol. The molecule has 0 unspecified atom stereocenters. The number of carbonyl (C=O) groups is 1. The van der Waals surface area contributed by atoms with Gasteiger partial charge in [0.15, 0.2) is 5.13 Å². The molecule has 0 aromatic carbocycles. The summed E-state index contributed by atoms with van der Waals surface area (Å²) in [7, 11) is 0. The quantitative estimate of drug-likeness (QED) is 0.358. The second kappa shape index (κ2) is 5.56. The minimum absolute atomic E-state index is 0.0311. The summed E-state index contributed by atoms with van der Waals surface area (Å²) in [6.07, 6.45) is 0. The van der Waals surface area contributed by atoms with Crippen molar-refractivity contribution < 1.29 is 14.0 Å². The van der Waals surface area contributed by atoms with Gasteiger partial charge in [0.25, 0.3) is 5.24 Å². The van der Waals surface area contributed by atoms with Crippen LogP contribution in [-0.2, 0) is 9.63 Å². The molecular weight excluding hydrogens is 247 g/mol. The minimum atomic E-state index is -0.897. The molecule has 0 aliphatic carbocycles. The fraction of sp³-hybridized carbons (Fsp3) is 0.333. The highest BCUT2D eigenvalue weighted by molar-refractivity contribution is 7.09. The predicted octanol–water partition coefficient (Wildman–Crippen LogP) is 0.576. The number of aromatic nitrogens is 2. The van der Waals surface area contributed by atoms with Crippen molar-refractivity contribution >= 4 is 39.2 Å². The van der Waals surface area contributed by atoms with Crippen molar-refractivity contribution in [2.24, 2.45) is 5.16 Å². The molecule has 9 heteroatoms. The molecule has 0 bridgehead atoms. The Labute approximate surface area is 93.0 Å². The van der Waals surface area contributed by atoms with Crippen molar-refractivity contribution in [3.05, 3.63) is 5.82 Å². The third-order valence-corrected chi connectivity index (χ3v) is 1.89. The molecule has 82 valence electrons. The molecule has 1 heterocycles. The van der Waals surface area contributed by atoms with E-state index in [1.807, 2.05) is 0 Å². The molecule has 0 fully saturated rings. The van der Waals surface area contributed by atoms with Gasteiger partial charge in [-0.3, -0.25) is 4.79 Å². The summed E-state index contributed by atoms with van der Waals surface area (Å²) in [6.45, 7) is -0.993. The number of rotatable bonds is 5. The lowest BCUT2D eigenvalue weighted by atomic mass is 10.4. The van der Waals surface area contributed by atoms with E-state index < -0.39 is 11.9 Å². The molecule has 15 heavy (non-hydrogen) atoms. The highest BCUT2D eigenvalue weighted by Crippen LogP contribution is 2.08. The average Bonchev–Trinajstić information content (AvgIpc) is 2.59. The van der Waals surface area contributed by atoms with Gasteiger partial charge in [-0.25, -0.2) is 4.39 Å². The van der Waals surface area contributed by atoms with E-state index in [1.54, 1.807) is 0 Å². The molecule has 0 spiro atoms. The maximum Gasteiger partial charge on any atom is 0.278 e. The smallest absolute Gasteiger partial charge is 0.278 e. The molecule has 1 rings (SSSR count). The number of alkyl halides is 1. The lowest BCUT2D eigenvalue weighted by Crippen LogP contribution is -2.12. The maximum atomic E-state index is 11.7. The topological polar surface area (TPSA) is 90.5 Å². The van der Waals surface area contributed by atoms with Gasteiger partial charge >= 0.3 is 0 Å². The second-order valence-electron chi connectivity index (χ2n) is 2.19. The van der Waals surface area contributed by atoms with E-state index in [0.717, 1.165) is 11.5 Å². The Morgan fingerprint density at radius 1 is 1.73 bits per heavy atom. The van der Waals surface area contributed by atoms with E-state index in [0.29, 0.717) is 0 Å². The van der Waals surface area contributed by atoms with Gasteiger partial charge in [-0.2, -0.15) is 9.36 Å². The molecular formula is C6H6ClFN4O2S. The van der Waals surface area contributed by atoms with Crippen LogP contribution < -0.4 is 5.73 Å². The Balaban J connectivity index is 2.83. The highest BCUT2D eigenvalue weighted by atomic mass is 35.5. The first-order valence-corrected chi connectivity index (χ1v) is 4.85. The van der Waals surface area contributed by atoms with E-state index in [-0.39, 0.29) is 23.3 Å². The minimum Gasteiger partial charge on any atom is -0.392 e. The number of nitrogen functional groups attached to an aromatic ring is 1. The van der Waals surface area contributed by atoms with Crippen LogP contribution in [0.5, 0.6) is 0 Å². The fourth-order valence-electron chi connectivity index (χ4n) is 0.641. The third-order valence-electron chi connectivity index (χ3n) is 1.16. The number of hydrogen-bond donors (Lipinski definition) is 1. The van der Waals surface area contributed by atoms with Crippen molar-refractivity contribution in [1.29, 1.82) is 0 Å². The van der Waals surface area contributed by atoms with Gasteiger partial charge in [-0.15, -0.1) is 0 Å². The van der Waals surface area contributed by atoms with Crippen LogP contribution in [0.3, 0.4) is 0 Å². The first-order chi connectivity index (χ1) is 7.15. The molecule has 1 aromatic rings. The van der Waals surface area contributed by atoms with Crippen molar-refractivity contribution in [1.82, 2.24) is 9.36 Å². The largest absolute Gasteiger partial charge is 0.392 e. The van der Waals surface area contributed by atoms with Crippen LogP contribution in [0.25, 0.3) is 0 Å². The maximum absolute atomic E-state index is 11.7. The molecule has 1 aromatic heterocycles. The highest BCUT2D eigenvalue weighted by Gasteiger charge is 2.17. The molecule has 2 N–H and O–H groups in total. The van der Waals surface area contributed by atoms with Crippen molar-refractivity contribution in [2.75, 3.05) is 19.0 Å². The summed E-state index contributed by atoms with van der Waals surface area (Å²) in [5.74, 6) is -0.0311. The fourth-order valence-corrected chi connectivity index (χ4v) is 1.19. The zero-order chi connectivity index (χ0) is 11.3. The third kappa shape index (κ3) is 3.40. The van der Waals surface area contributed by atoms with Crippen molar-refractivity contribution in [3.63, 3.8) is 0 Å². The summed E-state index contributed by atoms with van der Waals surface area (Å²) >= 11 is 6.09. The van der Waals surface area contributed by atoms with Crippen LogP contribution in [-0.4, -0.2) is 33.6 Å². The van der Waals surface area contributed by atoms with E-state index in [2.05, 4.69) is 19.4 Å². The molecule has 0 saturated carbocycles. The zero-order valence-corrected chi connectivity index (χ0v) is 8.89. The van der Waals surface area contributed by atoms with Crippen LogP contribution in [0.1, 0.15) is 5.82 Å². The van der Waals surface area contributed by atoms with Crippen LogP contribution in [0.2, 0.25) is 0 Å². The Bertz CT molecular complexity index is 383. The van der Waals surface area contributed by atoms with Gasteiger partial charge in [-0.1, -0.05) is 5.16 Å². The summed E-state index contributed by atoms with van der Waals surface area (Å²) < 4.78 is 15.4. The first-order valence-electron chi connectivity index (χ1n) is 3.70. The molecule has 0 radical (unpaired) electrons. The number of oxime groups is 1. The van der Waals surface area contributed by atoms with Gasteiger partial charge in [-0.05, 0) is 11.6 Å². The molecule has 0 amide bonds. The number of nitrogens with zero attached hydrogens (tertiary/aromatic N) is 3. The van der Waals surface area contributed by atoms with Crippen LogP contribution in [0.4, 0.5) is 9.52 Å². The monoisotopic (exact) mass is 252 g/mol. The Kier molecular flexibility index (Phi) is 4.37. The molecule has 0 saturated heterocycles. The number of anilines is 1. The van der Waals surface area contributed by atoms with Gasteiger partial charge in [0.1, 0.15) is 13.3 Å². The Hall–Kier alpha value is -1.28. The number of halogens is 2. The second-order valence-corrected chi connectivity index (χ2v) is 3.32. The van der Waals surface area contributed by atoms with E-state index in [1.165, 1.54) is 0 Å². The lowest BCUT2D eigenvalue weighted by Gasteiger charge is -1.96. The van der Waals surface area contributed by atoms with Crippen LogP contribution in [0.15, 0.2) is 5.16 Å². The Morgan fingerprint density at radius 2 is 2.47 bits per heavy atom.